The van der Waals surface area contributed by atoms with Gasteiger partial charge in [-0.05, 0) is 72.5 Å². The molecular formula is C23H21FN2O3. The average Bonchev–Trinajstić information content (AvgIpc) is 2.69. The van der Waals surface area contributed by atoms with Crippen LogP contribution in [0.4, 0.5) is 21.5 Å². The van der Waals surface area contributed by atoms with E-state index in [0.29, 0.717) is 11.4 Å². The number of hydrogen-bond acceptors (Lipinski definition) is 3. The number of carboxylic acids is 1. The number of benzene rings is 3. The maximum atomic E-state index is 13.1. The highest BCUT2D eigenvalue weighted by Crippen LogP contribution is 2.24. The molecule has 0 aliphatic rings. The monoisotopic (exact) mass is 392 g/mol. The van der Waals surface area contributed by atoms with E-state index in [1.165, 1.54) is 19.1 Å². The highest BCUT2D eigenvalue weighted by molar-refractivity contribution is 5.95. The molecule has 0 saturated heterocycles. The first-order valence-electron chi connectivity index (χ1n) is 9.16. The second kappa shape index (κ2) is 9.01. The minimum absolute atomic E-state index is 0.113. The van der Waals surface area contributed by atoms with Gasteiger partial charge in [-0.15, -0.1) is 0 Å². The van der Waals surface area contributed by atoms with E-state index in [1.54, 1.807) is 30.3 Å². The molecule has 148 valence electrons. The van der Waals surface area contributed by atoms with Gasteiger partial charge >= 0.3 is 5.97 Å². The molecule has 0 unspecified atom stereocenters. The van der Waals surface area contributed by atoms with Crippen LogP contribution in [0, 0.1) is 5.82 Å². The van der Waals surface area contributed by atoms with Gasteiger partial charge in [-0.1, -0.05) is 18.2 Å². The summed E-state index contributed by atoms with van der Waals surface area (Å²) >= 11 is 0. The average molecular weight is 392 g/mol. The van der Waals surface area contributed by atoms with Crippen LogP contribution in [-0.4, -0.2) is 17.0 Å². The molecule has 0 aliphatic carbocycles. The van der Waals surface area contributed by atoms with E-state index in [1.807, 2.05) is 24.3 Å². The van der Waals surface area contributed by atoms with E-state index in [0.717, 1.165) is 29.7 Å². The van der Waals surface area contributed by atoms with E-state index in [2.05, 4.69) is 10.6 Å². The fourth-order valence-corrected chi connectivity index (χ4v) is 2.97. The van der Waals surface area contributed by atoms with Gasteiger partial charge in [-0.2, -0.15) is 0 Å². The molecule has 0 fully saturated rings. The van der Waals surface area contributed by atoms with Crippen LogP contribution in [0.1, 0.15) is 28.4 Å². The normalized spacial score (nSPS) is 10.4. The van der Waals surface area contributed by atoms with Crippen LogP contribution in [0.25, 0.3) is 0 Å². The number of amides is 1. The molecule has 0 bridgehead atoms. The van der Waals surface area contributed by atoms with Gasteiger partial charge in [0.15, 0.2) is 0 Å². The lowest BCUT2D eigenvalue weighted by Gasteiger charge is -2.12. The molecule has 0 heterocycles. The van der Waals surface area contributed by atoms with E-state index in [4.69, 9.17) is 0 Å². The summed E-state index contributed by atoms with van der Waals surface area (Å²) in [6.07, 6.45) is 1.49. The minimum Gasteiger partial charge on any atom is -0.478 e. The summed E-state index contributed by atoms with van der Waals surface area (Å²) in [4.78, 5) is 22.6. The first kappa shape index (κ1) is 20.1. The van der Waals surface area contributed by atoms with Crippen molar-refractivity contribution >= 4 is 28.9 Å². The molecule has 0 saturated carbocycles. The molecule has 3 aromatic carbocycles. The number of hydrogen-bond donors (Lipinski definition) is 3. The maximum Gasteiger partial charge on any atom is 0.337 e. The first-order chi connectivity index (χ1) is 13.9. The predicted octanol–water partition coefficient (Wildman–Crippen LogP) is 5.01. The Labute approximate surface area is 168 Å². The third-order valence-electron chi connectivity index (χ3n) is 4.41. The molecular weight excluding hydrogens is 371 g/mol. The zero-order valence-electron chi connectivity index (χ0n) is 15.9. The van der Waals surface area contributed by atoms with Gasteiger partial charge < -0.3 is 15.7 Å². The van der Waals surface area contributed by atoms with Crippen LogP contribution in [-0.2, 0) is 17.6 Å². The Balaban J connectivity index is 1.73. The fraction of sp³-hybridized carbons (Fsp3) is 0.130. The maximum absolute atomic E-state index is 13.1. The summed E-state index contributed by atoms with van der Waals surface area (Å²) in [5, 5.41) is 15.2. The summed E-state index contributed by atoms with van der Waals surface area (Å²) in [5.41, 5.74) is 4.05. The summed E-state index contributed by atoms with van der Waals surface area (Å²) in [5.74, 6) is -1.50. The van der Waals surface area contributed by atoms with Gasteiger partial charge in [0.25, 0.3) is 0 Å². The van der Waals surface area contributed by atoms with Crippen molar-refractivity contribution in [1.29, 1.82) is 0 Å². The van der Waals surface area contributed by atoms with Crippen molar-refractivity contribution in [3.63, 3.8) is 0 Å². The van der Waals surface area contributed by atoms with Crippen LogP contribution < -0.4 is 10.6 Å². The predicted molar refractivity (Wildman–Crippen MR) is 111 cm³/mol. The molecule has 0 atom stereocenters. The van der Waals surface area contributed by atoms with Crippen molar-refractivity contribution in [2.24, 2.45) is 0 Å². The van der Waals surface area contributed by atoms with Gasteiger partial charge in [0.2, 0.25) is 5.91 Å². The van der Waals surface area contributed by atoms with Crippen LogP contribution >= 0.6 is 0 Å². The highest BCUT2D eigenvalue weighted by atomic mass is 19.1. The third-order valence-corrected chi connectivity index (χ3v) is 4.41. The molecule has 3 rings (SSSR count). The van der Waals surface area contributed by atoms with Crippen LogP contribution in [0.2, 0.25) is 0 Å². The number of anilines is 3. The van der Waals surface area contributed by atoms with Gasteiger partial charge in [0.05, 0.1) is 11.3 Å². The quantitative estimate of drug-likeness (QED) is 0.528. The number of aromatic carboxylic acids is 1. The van der Waals surface area contributed by atoms with E-state index in [9.17, 15) is 19.1 Å². The molecule has 0 spiro atoms. The van der Waals surface area contributed by atoms with Gasteiger partial charge in [-0.3, -0.25) is 4.79 Å². The van der Waals surface area contributed by atoms with Gasteiger partial charge in [0, 0.05) is 18.3 Å². The first-order valence-corrected chi connectivity index (χ1v) is 9.16. The number of nitrogens with one attached hydrogen (secondary N) is 2. The number of carbonyl (C=O) groups is 2. The van der Waals surface area contributed by atoms with Crippen molar-refractivity contribution in [2.45, 2.75) is 19.8 Å². The lowest BCUT2D eigenvalue weighted by Crippen LogP contribution is -2.05. The summed E-state index contributed by atoms with van der Waals surface area (Å²) in [6.45, 7) is 1.46. The Morgan fingerprint density at radius 2 is 1.45 bits per heavy atom. The zero-order valence-corrected chi connectivity index (χ0v) is 15.9. The molecule has 3 aromatic rings. The third kappa shape index (κ3) is 5.65. The number of aryl methyl sites for hydroxylation is 2. The van der Waals surface area contributed by atoms with Crippen molar-refractivity contribution in [2.75, 3.05) is 10.6 Å². The summed E-state index contributed by atoms with van der Waals surface area (Å²) in [7, 11) is 0. The second-order valence-corrected chi connectivity index (χ2v) is 6.70. The Bertz CT molecular complexity index is 1020. The molecule has 5 nitrogen and oxygen atoms in total. The Kier molecular flexibility index (Phi) is 6.24. The van der Waals surface area contributed by atoms with Crippen molar-refractivity contribution in [1.82, 2.24) is 0 Å². The van der Waals surface area contributed by atoms with Crippen LogP contribution in [0.5, 0.6) is 0 Å². The van der Waals surface area contributed by atoms with Gasteiger partial charge in [0.1, 0.15) is 5.82 Å². The molecule has 29 heavy (non-hydrogen) atoms. The Morgan fingerprint density at radius 3 is 2.07 bits per heavy atom. The smallest absolute Gasteiger partial charge is 0.337 e. The molecule has 6 heteroatoms. The summed E-state index contributed by atoms with van der Waals surface area (Å²) < 4.78 is 13.1. The largest absolute Gasteiger partial charge is 0.478 e. The van der Waals surface area contributed by atoms with Crippen molar-refractivity contribution < 1.29 is 19.1 Å². The number of rotatable bonds is 7. The van der Waals surface area contributed by atoms with Crippen LogP contribution in [0.3, 0.4) is 0 Å². The molecule has 0 aromatic heterocycles. The Morgan fingerprint density at radius 1 is 0.862 bits per heavy atom. The minimum atomic E-state index is -1.03. The second-order valence-electron chi connectivity index (χ2n) is 6.70. The standard InChI is InChI=1S/C23H21FN2O3/c1-15(27)25-19-9-4-16(5-10-19)2-3-17-6-13-21(23(28)29)22(14-17)26-20-11-7-18(24)8-12-20/h4-14,26H,2-3H2,1H3,(H,25,27)(H,28,29). The number of carboxylic acid groups (broad SMARTS) is 1. The van der Waals surface area contributed by atoms with Crippen molar-refractivity contribution in [3.8, 4) is 0 Å². The van der Waals surface area contributed by atoms with E-state index >= 15 is 0 Å². The van der Waals surface area contributed by atoms with Gasteiger partial charge in [-0.25, -0.2) is 9.18 Å². The lowest BCUT2D eigenvalue weighted by atomic mass is 10.0. The number of carbonyl (C=O) groups excluding carboxylic acids is 1. The molecule has 0 radical (unpaired) electrons. The zero-order chi connectivity index (χ0) is 20.8. The number of halogens is 1. The Hall–Kier alpha value is -3.67. The van der Waals surface area contributed by atoms with E-state index < -0.39 is 5.97 Å². The molecule has 3 N–H and O–H groups in total. The topological polar surface area (TPSA) is 78.4 Å². The molecule has 1 amide bonds. The van der Waals surface area contributed by atoms with E-state index in [-0.39, 0.29) is 17.3 Å². The highest BCUT2D eigenvalue weighted by Gasteiger charge is 2.11. The lowest BCUT2D eigenvalue weighted by molar-refractivity contribution is -0.114. The summed E-state index contributed by atoms with van der Waals surface area (Å²) in [6, 6.07) is 18.5. The van der Waals surface area contributed by atoms with Crippen molar-refractivity contribution in [3.05, 3.63) is 89.2 Å². The van der Waals surface area contributed by atoms with Crippen LogP contribution in [0.15, 0.2) is 66.7 Å². The SMILES string of the molecule is CC(=O)Nc1ccc(CCc2ccc(C(=O)O)c(Nc3ccc(F)cc3)c2)cc1. The molecule has 0 aliphatic heterocycles. The fourth-order valence-electron chi connectivity index (χ4n) is 2.97.